The average molecular weight is 332 g/mol. The number of rotatable bonds is 5. The Kier molecular flexibility index (Phi) is 5.10. The molecule has 1 aliphatic heterocycles. The number of ether oxygens (including phenoxy) is 1. The van der Waals surface area contributed by atoms with E-state index in [0.717, 1.165) is 43.4 Å². The van der Waals surface area contributed by atoms with Crippen LogP contribution in [0, 0.1) is 11.8 Å². The number of aliphatic hydroxyl groups excluding tert-OH is 1. The lowest BCUT2D eigenvalue weighted by atomic mass is 9.64. The van der Waals surface area contributed by atoms with Crippen molar-refractivity contribution in [2.75, 3.05) is 6.61 Å². The van der Waals surface area contributed by atoms with Gasteiger partial charge in [-0.1, -0.05) is 19.8 Å². The van der Waals surface area contributed by atoms with Gasteiger partial charge in [0.2, 0.25) is 0 Å². The first-order valence-corrected chi connectivity index (χ1v) is 9.62. The number of unbranched alkanes of at least 4 members (excludes halogenated alkanes) is 2. The van der Waals surface area contributed by atoms with Crippen LogP contribution in [0.1, 0.15) is 76.3 Å². The molecule has 1 heterocycles. The van der Waals surface area contributed by atoms with Gasteiger partial charge in [0.25, 0.3) is 0 Å². The molecule has 3 rings (SSSR count). The number of aromatic hydroxyl groups is 1. The highest BCUT2D eigenvalue weighted by Crippen LogP contribution is 2.55. The minimum Gasteiger partial charge on any atom is -0.508 e. The molecule has 0 saturated heterocycles. The molecular weight excluding hydrogens is 300 g/mol. The highest BCUT2D eigenvalue weighted by atomic mass is 16.5. The van der Waals surface area contributed by atoms with Gasteiger partial charge in [-0.2, -0.15) is 0 Å². The summed E-state index contributed by atoms with van der Waals surface area (Å²) in [5.41, 5.74) is 1.94. The quantitative estimate of drug-likeness (QED) is 0.762. The lowest BCUT2D eigenvalue weighted by Crippen LogP contribution is -2.47. The molecule has 0 radical (unpaired) electrons. The fraction of sp³-hybridized carbons (Fsp3) is 0.714. The van der Waals surface area contributed by atoms with E-state index < -0.39 is 0 Å². The van der Waals surface area contributed by atoms with E-state index in [2.05, 4.69) is 26.8 Å². The van der Waals surface area contributed by atoms with E-state index in [1.54, 1.807) is 0 Å². The topological polar surface area (TPSA) is 49.7 Å². The van der Waals surface area contributed by atoms with Crippen molar-refractivity contribution in [3.63, 3.8) is 0 Å². The molecule has 0 amide bonds. The average Bonchev–Trinajstić information content (AvgIpc) is 2.53. The van der Waals surface area contributed by atoms with E-state index in [0.29, 0.717) is 23.5 Å². The van der Waals surface area contributed by atoms with Gasteiger partial charge >= 0.3 is 0 Å². The Bertz CT molecular complexity index is 579. The molecule has 1 aromatic rings. The zero-order valence-corrected chi connectivity index (χ0v) is 15.3. The van der Waals surface area contributed by atoms with Gasteiger partial charge in [0.15, 0.2) is 0 Å². The molecule has 1 aliphatic carbocycles. The Morgan fingerprint density at radius 3 is 2.71 bits per heavy atom. The summed E-state index contributed by atoms with van der Waals surface area (Å²) in [6, 6.07) is 4.08. The molecule has 24 heavy (non-hydrogen) atoms. The first-order chi connectivity index (χ1) is 11.5. The number of fused-ring (bicyclic) bond motifs is 3. The van der Waals surface area contributed by atoms with Crippen molar-refractivity contribution in [3.8, 4) is 11.5 Å². The Morgan fingerprint density at radius 1 is 1.21 bits per heavy atom. The predicted octanol–water partition coefficient (Wildman–Crippen LogP) is 4.79. The van der Waals surface area contributed by atoms with Crippen LogP contribution in [0.3, 0.4) is 0 Å². The van der Waals surface area contributed by atoms with Crippen LogP contribution in [0.4, 0.5) is 0 Å². The molecule has 0 unspecified atom stereocenters. The highest BCUT2D eigenvalue weighted by Gasteiger charge is 2.47. The molecular formula is C21H32O3. The number of phenolic OH excluding ortho intramolecular Hbond substituents is 1. The van der Waals surface area contributed by atoms with Crippen molar-refractivity contribution in [2.45, 2.75) is 77.2 Å². The Hall–Kier alpha value is -1.22. The van der Waals surface area contributed by atoms with Crippen LogP contribution in [0.15, 0.2) is 12.1 Å². The van der Waals surface area contributed by atoms with E-state index in [1.165, 1.54) is 18.4 Å². The SMILES string of the molecule is CCCCCc1cc(O)c2c(c1)OC(C)(C)[C@@H]1CC[C@H](CO)C[C@@H]21. The van der Waals surface area contributed by atoms with Gasteiger partial charge in [-0.05, 0) is 75.5 Å². The molecule has 1 aromatic carbocycles. The van der Waals surface area contributed by atoms with Gasteiger partial charge in [0.05, 0.1) is 0 Å². The summed E-state index contributed by atoms with van der Waals surface area (Å²) in [5.74, 6) is 2.30. The number of aryl methyl sites for hydroxylation is 1. The first kappa shape index (κ1) is 17.6. The number of hydrogen-bond acceptors (Lipinski definition) is 3. The maximum absolute atomic E-state index is 10.7. The van der Waals surface area contributed by atoms with Crippen LogP contribution in [-0.4, -0.2) is 22.4 Å². The second-order valence-electron chi connectivity index (χ2n) is 8.26. The third kappa shape index (κ3) is 3.28. The van der Waals surface area contributed by atoms with Gasteiger partial charge < -0.3 is 14.9 Å². The van der Waals surface area contributed by atoms with Crippen molar-refractivity contribution in [3.05, 3.63) is 23.3 Å². The molecule has 3 heteroatoms. The minimum atomic E-state index is -0.216. The maximum atomic E-state index is 10.7. The second kappa shape index (κ2) is 6.95. The zero-order valence-electron chi connectivity index (χ0n) is 15.3. The van der Waals surface area contributed by atoms with Crippen molar-refractivity contribution < 1.29 is 14.9 Å². The summed E-state index contributed by atoms with van der Waals surface area (Å²) in [5, 5.41) is 20.3. The van der Waals surface area contributed by atoms with Gasteiger partial charge in [0, 0.05) is 18.1 Å². The van der Waals surface area contributed by atoms with Crippen LogP contribution in [-0.2, 0) is 6.42 Å². The van der Waals surface area contributed by atoms with E-state index in [1.807, 2.05) is 6.07 Å². The molecule has 3 nitrogen and oxygen atoms in total. The summed E-state index contributed by atoms with van der Waals surface area (Å²) in [6.45, 7) is 6.80. The molecule has 3 atom stereocenters. The summed E-state index contributed by atoms with van der Waals surface area (Å²) >= 11 is 0. The molecule has 1 saturated carbocycles. The summed E-state index contributed by atoms with van der Waals surface area (Å²) < 4.78 is 6.36. The molecule has 0 aromatic heterocycles. The molecule has 134 valence electrons. The molecule has 2 N–H and O–H groups in total. The third-order valence-electron chi connectivity index (χ3n) is 6.10. The molecule has 0 bridgehead atoms. The van der Waals surface area contributed by atoms with Gasteiger partial charge in [0.1, 0.15) is 17.1 Å². The smallest absolute Gasteiger partial charge is 0.127 e. The third-order valence-corrected chi connectivity index (χ3v) is 6.10. The summed E-state index contributed by atoms with van der Waals surface area (Å²) in [7, 11) is 0. The number of hydrogen-bond donors (Lipinski definition) is 2. The van der Waals surface area contributed by atoms with Crippen molar-refractivity contribution >= 4 is 0 Å². The van der Waals surface area contributed by atoms with E-state index >= 15 is 0 Å². The Morgan fingerprint density at radius 2 is 2.00 bits per heavy atom. The molecule has 2 aliphatic rings. The van der Waals surface area contributed by atoms with Crippen molar-refractivity contribution in [1.29, 1.82) is 0 Å². The van der Waals surface area contributed by atoms with E-state index in [-0.39, 0.29) is 12.2 Å². The summed E-state index contributed by atoms with van der Waals surface area (Å²) in [4.78, 5) is 0. The fourth-order valence-corrected chi connectivity index (χ4v) is 4.78. The largest absolute Gasteiger partial charge is 0.508 e. The monoisotopic (exact) mass is 332 g/mol. The van der Waals surface area contributed by atoms with E-state index in [4.69, 9.17) is 4.74 Å². The zero-order chi connectivity index (χ0) is 17.3. The second-order valence-corrected chi connectivity index (χ2v) is 8.26. The van der Waals surface area contributed by atoms with Crippen molar-refractivity contribution in [2.24, 2.45) is 11.8 Å². The van der Waals surface area contributed by atoms with Crippen LogP contribution in [0.5, 0.6) is 11.5 Å². The molecule has 0 spiro atoms. The van der Waals surface area contributed by atoms with Crippen molar-refractivity contribution in [1.82, 2.24) is 0 Å². The van der Waals surface area contributed by atoms with Gasteiger partial charge in [-0.15, -0.1) is 0 Å². The lowest BCUT2D eigenvalue weighted by molar-refractivity contribution is -0.0210. The van der Waals surface area contributed by atoms with Crippen LogP contribution in [0.25, 0.3) is 0 Å². The number of phenols is 1. The van der Waals surface area contributed by atoms with E-state index in [9.17, 15) is 10.2 Å². The standard InChI is InChI=1S/C21H32O3/c1-4-5-6-7-14-11-18(23)20-16-10-15(13-22)8-9-17(16)21(2,3)24-19(20)12-14/h11-12,15-17,22-23H,4-10,13H2,1-3H3/t15-,16+,17+/m0/s1. The maximum Gasteiger partial charge on any atom is 0.127 e. The van der Waals surface area contributed by atoms with Gasteiger partial charge in [-0.25, -0.2) is 0 Å². The molecule has 1 fully saturated rings. The fourth-order valence-electron chi connectivity index (χ4n) is 4.78. The van der Waals surface area contributed by atoms with Crippen LogP contribution in [0.2, 0.25) is 0 Å². The highest BCUT2D eigenvalue weighted by molar-refractivity contribution is 5.52. The lowest BCUT2D eigenvalue weighted by Gasteiger charge is -2.49. The first-order valence-electron chi connectivity index (χ1n) is 9.62. The Labute approximate surface area is 146 Å². The van der Waals surface area contributed by atoms with Gasteiger partial charge in [-0.3, -0.25) is 0 Å². The predicted molar refractivity (Wildman–Crippen MR) is 96.7 cm³/mol. The van der Waals surface area contributed by atoms with Crippen LogP contribution < -0.4 is 4.74 Å². The number of benzene rings is 1. The summed E-state index contributed by atoms with van der Waals surface area (Å²) in [6.07, 6.45) is 7.61. The van der Waals surface area contributed by atoms with Crippen LogP contribution >= 0.6 is 0 Å². The minimum absolute atomic E-state index is 0.216. The normalized spacial score (nSPS) is 27.9. The number of aliphatic hydroxyl groups is 1. The Balaban J connectivity index is 1.93.